The number of hydrogen-bond acceptors (Lipinski definition) is 4. The maximum absolute atomic E-state index is 13.2. The standard InChI is InChI=1S/C20H23N3O5/c1-20(18(27)21-19(28)22-20)13-8-6-11(7-9-13)16(24)23-14-5-3-2-4-12(14)10-15(23)17(25)26/h6-9,12,14-15H,2-5,10H2,1H3,(H,25,26)(H2,21,22,27,28)/t12-,14+,15-,20+/m0/s1. The smallest absolute Gasteiger partial charge is 0.326 e. The maximum atomic E-state index is 13.2. The third-order valence-corrected chi connectivity index (χ3v) is 6.36. The van der Waals surface area contributed by atoms with Gasteiger partial charge in [0.05, 0.1) is 0 Å². The van der Waals surface area contributed by atoms with Crippen LogP contribution in [0.5, 0.6) is 0 Å². The Balaban J connectivity index is 1.60. The van der Waals surface area contributed by atoms with E-state index in [4.69, 9.17) is 0 Å². The molecule has 0 bridgehead atoms. The van der Waals surface area contributed by atoms with Gasteiger partial charge in [-0.2, -0.15) is 0 Å². The van der Waals surface area contributed by atoms with Crippen LogP contribution < -0.4 is 10.6 Å². The van der Waals surface area contributed by atoms with Gasteiger partial charge in [-0.1, -0.05) is 25.0 Å². The fourth-order valence-corrected chi connectivity index (χ4v) is 4.81. The summed E-state index contributed by atoms with van der Waals surface area (Å²) in [6, 6.07) is 5.06. The van der Waals surface area contributed by atoms with Gasteiger partial charge in [0.25, 0.3) is 11.8 Å². The van der Waals surface area contributed by atoms with Crippen molar-refractivity contribution < 1.29 is 24.3 Å². The number of carboxylic acids is 1. The molecule has 0 aromatic heterocycles. The minimum Gasteiger partial charge on any atom is -0.480 e. The third-order valence-electron chi connectivity index (χ3n) is 6.36. The van der Waals surface area contributed by atoms with E-state index in [9.17, 15) is 24.3 Å². The van der Waals surface area contributed by atoms with E-state index in [1.807, 2.05) is 0 Å². The van der Waals surface area contributed by atoms with Crippen molar-refractivity contribution in [2.45, 2.75) is 56.7 Å². The van der Waals surface area contributed by atoms with E-state index in [1.165, 1.54) is 0 Å². The predicted octanol–water partition coefficient (Wildman–Crippen LogP) is 1.60. The van der Waals surface area contributed by atoms with E-state index in [2.05, 4.69) is 10.6 Å². The van der Waals surface area contributed by atoms with Crippen LogP contribution in [-0.2, 0) is 15.1 Å². The second kappa shape index (κ2) is 6.61. The molecule has 8 heteroatoms. The van der Waals surface area contributed by atoms with Crippen LogP contribution in [0.4, 0.5) is 4.79 Å². The molecule has 28 heavy (non-hydrogen) atoms. The van der Waals surface area contributed by atoms with Crippen LogP contribution in [0.2, 0.25) is 0 Å². The van der Waals surface area contributed by atoms with E-state index in [1.54, 1.807) is 36.1 Å². The molecular formula is C20H23N3O5. The van der Waals surface area contributed by atoms with Crippen LogP contribution in [-0.4, -0.2) is 45.9 Å². The molecule has 1 aromatic rings. The fourth-order valence-electron chi connectivity index (χ4n) is 4.81. The van der Waals surface area contributed by atoms with Crippen molar-refractivity contribution in [1.29, 1.82) is 0 Å². The van der Waals surface area contributed by atoms with Crippen LogP contribution in [0.1, 0.15) is 54.9 Å². The first-order chi connectivity index (χ1) is 13.3. The Kier molecular flexibility index (Phi) is 4.36. The molecule has 8 nitrogen and oxygen atoms in total. The summed E-state index contributed by atoms with van der Waals surface area (Å²) in [5, 5.41) is 14.4. The Morgan fingerprint density at radius 2 is 1.82 bits per heavy atom. The number of fused-ring (bicyclic) bond motifs is 1. The molecule has 2 heterocycles. The summed E-state index contributed by atoms with van der Waals surface area (Å²) in [5.74, 6) is -1.46. The zero-order valence-electron chi connectivity index (χ0n) is 15.6. The van der Waals surface area contributed by atoms with Crippen molar-refractivity contribution in [2.24, 2.45) is 5.92 Å². The van der Waals surface area contributed by atoms with Gasteiger partial charge >= 0.3 is 12.0 Å². The Bertz CT molecular complexity index is 852. The average Bonchev–Trinajstić information content (AvgIpc) is 3.19. The molecule has 0 spiro atoms. The topological polar surface area (TPSA) is 116 Å². The number of nitrogens with one attached hydrogen (secondary N) is 2. The van der Waals surface area contributed by atoms with Gasteiger partial charge in [0.1, 0.15) is 11.6 Å². The normalized spacial score (nSPS) is 31.9. The van der Waals surface area contributed by atoms with Gasteiger partial charge in [-0.15, -0.1) is 0 Å². The van der Waals surface area contributed by atoms with Crippen LogP contribution in [0, 0.1) is 5.92 Å². The molecule has 2 aliphatic heterocycles. The highest BCUT2D eigenvalue weighted by molar-refractivity contribution is 6.07. The van der Waals surface area contributed by atoms with E-state index in [0.717, 1.165) is 25.7 Å². The number of imide groups is 1. The molecule has 1 aliphatic carbocycles. The molecular weight excluding hydrogens is 362 g/mol. The summed E-state index contributed by atoms with van der Waals surface area (Å²) >= 11 is 0. The van der Waals surface area contributed by atoms with Crippen molar-refractivity contribution in [3.8, 4) is 0 Å². The summed E-state index contributed by atoms with van der Waals surface area (Å²) < 4.78 is 0. The van der Waals surface area contributed by atoms with Crippen molar-refractivity contribution in [3.63, 3.8) is 0 Å². The zero-order valence-corrected chi connectivity index (χ0v) is 15.6. The van der Waals surface area contributed by atoms with E-state index in [-0.39, 0.29) is 17.9 Å². The number of aliphatic carboxylic acids is 1. The van der Waals surface area contributed by atoms with Gasteiger partial charge in [0, 0.05) is 11.6 Å². The average molecular weight is 385 g/mol. The lowest BCUT2D eigenvalue weighted by molar-refractivity contribution is -0.141. The van der Waals surface area contributed by atoms with Crippen molar-refractivity contribution in [1.82, 2.24) is 15.5 Å². The van der Waals surface area contributed by atoms with Crippen molar-refractivity contribution in [2.75, 3.05) is 0 Å². The lowest BCUT2D eigenvalue weighted by Crippen LogP contribution is -2.46. The molecule has 0 radical (unpaired) electrons. The van der Waals surface area contributed by atoms with Crippen LogP contribution >= 0.6 is 0 Å². The minimum absolute atomic E-state index is 0.0283. The predicted molar refractivity (Wildman–Crippen MR) is 98.4 cm³/mol. The molecule has 1 aromatic carbocycles. The molecule has 3 fully saturated rings. The molecule has 4 rings (SSSR count). The number of hydrogen-bond donors (Lipinski definition) is 3. The summed E-state index contributed by atoms with van der Waals surface area (Å²) in [5.41, 5.74) is -0.251. The van der Waals surface area contributed by atoms with Crippen molar-refractivity contribution in [3.05, 3.63) is 35.4 Å². The summed E-state index contributed by atoms with van der Waals surface area (Å²) in [4.78, 5) is 50.0. The van der Waals surface area contributed by atoms with Gasteiger partial charge in [-0.3, -0.25) is 14.9 Å². The quantitative estimate of drug-likeness (QED) is 0.684. The SMILES string of the molecule is C[C@]1(c2ccc(C(=O)N3[C@@H]4CCCC[C@H]4C[C@H]3C(=O)O)cc2)NC(=O)NC1=O. The summed E-state index contributed by atoms with van der Waals surface area (Å²) in [6.07, 6.45) is 4.39. The second-order valence-corrected chi connectivity index (χ2v) is 8.02. The first-order valence-electron chi connectivity index (χ1n) is 9.61. The number of carbonyl (C=O) groups is 4. The lowest BCUT2D eigenvalue weighted by atomic mass is 9.84. The highest BCUT2D eigenvalue weighted by Gasteiger charge is 2.48. The monoisotopic (exact) mass is 385 g/mol. The Hall–Kier alpha value is -2.90. The highest BCUT2D eigenvalue weighted by Crippen LogP contribution is 2.40. The van der Waals surface area contributed by atoms with Gasteiger partial charge < -0.3 is 15.3 Å². The second-order valence-electron chi connectivity index (χ2n) is 8.02. The highest BCUT2D eigenvalue weighted by atomic mass is 16.4. The molecule has 3 aliphatic rings. The van der Waals surface area contributed by atoms with E-state index in [0.29, 0.717) is 17.5 Å². The molecule has 2 saturated heterocycles. The molecule has 0 unspecified atom stereocenters. The summed E-state index contributed by atoms with van der Waals surface area (Å²) in [7, 11) is 0. The van der Waals surface area contributed by atoms with Gasteiger partial charge in [0.2, 0.25) is 0 Å². The zero-order chi connectivity index (χ0) is 20.1. The van der Waals surface area contributed by atoms with Gasteiger partial charge in [-0.05, 0) is 49.8 Å². The number of nitrogens with zero attached hydrogens (tertiary/aromatic N) is 1. The largest absolute Gasteiger partial charge is 0.480 e. The Labute approximate surface area is 162 Å². The minimum atomic E-state index is -1.19. The Morgan fingerprint density at radius 3 is 2.43 bits per heavy atom. The third kappa shape index (κ3) is 2.83. The lowest BCUT2D eigenvalue weighted by Gasteiger charge is -2.33. The number of carboxylic acid groups (broad SMARTS) is 1. The first-order valence-corrected chi connectivity index (χ1v) is 9.61. The van der Waals surface area contributed by atoms with Crippen molar-refractivity contribution >= 4 is 23.8 Å². The molecule has 3 N–H and O–H groups in total. The fraction of sp³-hybridized carbons (Fsp3) is 0.500. The van der Waals surface area contributed by atoms with Crippen LogP contribution in [0.25, 0.3) is 0 Å². The molecule has 1 saturated carbocycles. The number of carbonyl (C=O) groups excluding carboxylic acids is 3. The van der Waals surface area contributed by atoms with E-state index < -0.39 is 29.5 Å². The van der Waals surface area contributed by atoms with Crippen LogP contribution in [0.15, 0.2) is 24.3 Å². The first kappa shape index (κ1) is 18.5. The van der Waals surface area contributed by atoms with E-state index >= 15 is 0 Å². The molecule has 148 valence electrons. The van der Waals surface area contributed by atoms with Gasteiger partial charge in [-0.25, -0.2) is 9.59 Å². The summed E-state index contributed by atoms with van der Waals surface area (Å²) in [6.45, 7) is 1.59. The molecule has 4 amide bonds. The molecule has 4 atom stereocenters. The number of urea groups is 1. The number of likely N-dealkylation sites (tertiary alicyclic amines) is 1. The number of amides is 4. The number of benzene rings is 1. The van der Waals surface area contributed by atoms with Crippen LogP contribution in [0.3, 0.4) is 0 Å². The number of rotatable bonds is 3. The Morgan fingerprint density at radius 1 is 1.14 bits per heavy atom. The maximum Gasteiger partial charge on any atom is 0.326 e. The van der Waals surface area contributed by atoms with Gasteiger partial charge in [0.15, 0.2) is 0 Å².